The lowest BCUT2D eigenvalue weighted by Gasteiger charge is -2.47. The lowest BCUT2D eigenvalue weighted by Crippen LogP contribution is -2.69. The summed E-state index contributed by atoms with van der Waals surface area (Å²) in [5.74, 6) is -14.4. The molecule has 0 aromatic rings. The second kappa shape index (κ2) is 6.43. The normalized spacial score (nSPS) is 27.3. The molecular weight excluding hydrogens is 402 g/mol. The zero-order valence-electron chi connectivity index (χ0n) is 13.2. The van der Waals surface area contributed by atoms with E-state index in [-0.39, 0.29) is 17.2 Å². The van der Waals surface area contributed by atoms with E-state index in [2.05, 4.69) is 0 Å². The van der Waals surface area contributed by atoms with Gasteiger partial charge in [-0.3, -0.25) is 0 Å². The molecule has 0 radical (unpaired) electrons. The molecule has 2 aliphatic rings. The Balaban J connectivity index is 2.33. The van der Waals surface area contributed by atoms with Gasteiger partial charge in [-0.15, -0.1) is 0 Å². The first-order chi connectivity index (χ1) is 11.6. The second-order valence-corrected chi connectivity index (χ2v) is 8.12. The van der Waals surface area contributed by atoms with Crippen molar-refractivity contribution in [2.75, 3.05) is 13.1 Å². The van der Waals surface area contributed by atoms with Crippen LogP contribution < -0.4 is 0 Å². The van der Waals surface area contributed by atoms with Crippen LogP contribution in [-0.4, -0.2) is 54.1 Å². The molecule has 0 N–H and O–H groups in total. The molecule has 26 heavy (non-hydrogen) atoms. The Morgan fingerprint density at radius 3 is 1.81 bits per heavy atom. The predicted molar refractivity (Wildman–Crippen MR) is 71.1 cm³/mol. The van der Waals surface area contributed by atoms with Crippen LogP contribution in [0, 0.1) is 11.8 Å². The summed E-state index contributed by atoms with van der Waals surface area (Å²) < 4.78 is 140. The maximum Gasteiger partial charge on any atom is 0.402 e. The number of nitrogens with zero attached hydrogens (tertiary/aromatic N) is 1. The first-order valence-corrected chi connectivity index (χ1v) is 9.20. The number of hydrogen-bond donors (Lipinski definition) is 0. The molecule has 154 valence electrons. The molecular formula is C13H16F8NO3S-. The minimum Gasteiger partial charge on any atom is -0.743 e. The van der Waals surface area contributed by atoms with Crippen molar-refractivity contribution < 1.29 is 48.1 Å². The molecule has 13 heteroatoms. The molecule has 1 saturated carbocycles. The average Bonchev–Trinajstić information content (AvgIpc) is 2.52. The Bertz CT molecular complexity index is 639. The van der Waals surface area contributed by atoms with E-state index < -0.39 is 52.3 Å². The molecule has 0 spiro atoms. The fourth-order valence-electron chi connectivity index (χ4n) is 3.58. The van der Waals surface area contributed by atoms with Crippen LogP contribution in [0.5, 0.6) is 0 Å². The smallest absolute Gasteiger partial charge is 0.402 e. The van der Waals surface area contributed by atoms with E-state index in [1.54, 1.807) is 0 Å². The molecule has 1 aliphatic heterocycles. The van der Waals surface area contributed by atoms with E-state index in [1.165, 1.54) is 0 Å². The van der Waals surface area contributed by atoms with Crippen LogP contribution in [0.2, 0.25) is 0 Å². The molecule has 1 aliphatic carbocycles. The van der Waals surface area contributed by atoms with Crippen LogP contribution >= 0.6 is 0 Å². The largest absolute Gasteiger partial charge is 0.743 e. The number of likely N-dealkylation sites (tertiary alicyclic amines) is 1. The van der Waals surface area contributed by atoms with Gasteiger partial charge in [0.15, 0.2) is 10.1 Å². The highest BCUT2D eigenvalue weighted by atomic mass is 32.2. The lowest BCUT2D eigenvalue weighted by atomic mass is 9.75. The third kappa shape index (κ3) is 3.09. The fraction of sp³-hybridized carbons (Fsp3) is 1.00. The van der Waals surface area contributed by atoms with Crippen molar-refractivity contribution in [3.05, 3.63) is 0 Å². The summed E-state index contributed by atoms with van der Waals surface area (Å²) in [5.41, 5.74) is 0. The van der Waals surface area contributed by atoms with Gasteiger partial charge in [0.05, 0.1) is 0 Å². The van der Waals surface area contributed by atoms with Crippen molar-refractivity contribution in [2.45, 2.75) is 55.3 Å². The topological polar surface area (TPSA) is 60.4 Å². The number of piperidine rings is 1. The summed E-state index contributed by atoms with van der Waals surface area (Å²) in [6, 6.07) is -5.77. The van der Waals surface area contributed by atoms with Gasteiger partial charge in [-0.05, 0) is 24.7 Å². The maximum atomic E-state index is 14.1. The number of alkyl halides is 8. The highest BCUT2D eigenvalue weighted by Crippen LogP contribution is 2.55. The molecule has 2 rings (SSSR count). The molecule has 2 fully saturated rings. The van der Waals surface area contributed by atoms with Crippen LogP contribution in [0.25, 0.3) is 0 Å². The summed E-state index contributed by atoms with van der Waals surface area (Å²) in [7, 11) is -7.32. The van der Waals surface area contributed by atoms with E-state index in [4.69, 9.17) is 0 Å². The molecule has 0 aromatic heterocycles. The molecule has 0 bridgehead atoms. The second-order valence-electron chi connectivity index (χ2n) is 6.70. The van der Waals surface area contributed by atoms with Gasteiger partial charge in [0, 0.05) is 13.1 Å². The summed E-state index contributed by atoms with van der Waals surface area (Å²) in [6.45, 7) is -1.45. The number of fused-ring (bicyclic) bond motifs is 1. The van der Waals surface area contributed by atoms with Gasteiger partial charge in [-0.2, -0.15) is 35.1 Å². The van der Waals surface area contributed by atoms with E-state index >= 15 is 0 Å². The van der Waals surface area contributed by atoms with E-state index in [0.717, 1.165) is 6.42 Å². The maximum absolute atomic E-state index is 14.1. The molecule has 0 amide bonds. The quantitative estimate of drug-likeness (QED) is 0.390. The molecule has 2 atom stereocenters. The fourth-order valence-corrected chi connectivity index (χ4v) is 4.03. The zero-order valence-corrected chi connectivity index (χ0v) is 14.0. The Labute approximate surface area is 144 Å². The molecule has 1 heterocycles. The average molecular weight is 418 g/mol. The molecule has 1 saturated heterocycles. The van der Waals surface area contributed by atoms with Crippen LogP contribution in [0.15, 0.2) is 0 Å². The minimum absolute atomic E-state index is 0.00183. The van der Waals surface area contributed by atoms with Gasteiger partial charge >= 0.3 is 23.1 Å². The number of halogens is 8. The van der Waals surface area contributed by atoms with Gasteiger partial charge < -0.3 is 4.55 Å². The molecule has 0 aromatic carbocycles. The summed E-state index contributed by atoms with van der Waals surface area (Å²) >= 11 is 0. The molecule has 4 nitrogen and oxygen atoms in total. The Morgan fingerprint density at radius 1 is 0.808 bits per heavy atom. The van der Waals surface area contributed by atoms with Gasteiger partial charge in [-0.25, -0.2) is 13.3 Å². The monoisotopic (exact) mass is 418 g/mol. The Kier molecular flexibility index (Phi) is 5.35. The van der Waals surface area contributed by atoms with Crippen molar-refractivity contribution in [3.63, 3.8) is 0 Å². The van der Waals surface area contributed by atoms with Crippen LogP contribution in [0.4, 0.5) is 35.1 Å². The summed E-state index contributed by atoms with van der Waals surface area (Å²) in [6.07, 6.45) is 2.53. The SMILES string of the molecule is O=S(=O)([O-])C(F)(F)C(F)(F)C(F)(F)C(F)(F)N1CCC2CCCCC2C1. The first-order valence-electron chi connectivity index (χ1n) is 7.79. The zero-order chi connectivity index (χ0) is 20.2. The lowest BCUT2D eigenvalue weighted by molar-refractivity contribution is -0.385. The Hall–Kier alpha value is -0.690. The van der Waals surface area contributed by atoms with Crippen molar-refractivity contribution in [1.82, 2.24) is 4.90 Å². The van der Waals surface area contributed by atoms with Crippen LogP contribution in [0.1, 0.15) is 32.1 Å². The van der Waals surface area contributed by atoms with Crippen LogP contribution in [-0.2, 0) is 10.1 Å². The van der Waals surface area contributed by atoms with Crippen molar-refractivity contribution in [2.24, 2.45) is 11.8 Å². The van der Waals surface area contributed by atoms with Gasteiger partial charge in [0.2, 0.25) is 0 Å². The Morgan fingerprint density at radius 2 is 1.31 bits per heavy atom. The predicted octanol–water partition coefficient (Wildman–Crippen LogP) is 3.50. The third-order valence-electron chi connectivity index (χ3n) is 5.14. The summed E-state index contributed by atoms with van der Waals surface area (Å²) in [4.78, 5) is -0.319. The summed E-state index contributed by atoms with van der Waals surface area (Å²) in [5, 5.41) is -6.91. The first kappa shape index (κ1) is 21.6. The minimum atomic E-state index is -7.32. The van der Waals surface area contributed by atoms with Crippen molar-refractivity contribution in [3.8, 4) is 0 Å². The third-order valence-corrected chi connectivity index (χ3v) is 6.02. The van der Waals surface area contributed by atoms with E-state index in [0.29, 0.717) is 19.3 Å². The number of rotatable bonds is 5. The van der Waals surface area contributed by atoms with E-state index in [9.17, 15) is 48.1 Å². The highest BCUT2D eigenvalue weighted by Gasteiger charge is 2.84. The van der Waals surface area contributed by atoms with Gasteiger partial charge in [0.1, 0.15) is 0 Å². The molecule has 2 unspecified atom stereocenters. The van der Waals surface area contributed by atoms with Gasteiger partial charge in [0.25, 0.3) is 0 Å². The van der Waals surface area contributed by atoms with Crippen LogP contribution in [0.3, 0.4) is 0 Å². The highest BCUT2D eigenvalue weighted by molar-refractivity contribution is 7.86. The van der Waals surface area contributed by atoms with E-state index in [1.807, 2.05) is 0 Å². The number of hydrogen-bond acceptors (Lipinski definition) is 4. The van der Waals surface area contributed by atoms with Crippen molar-refractivity contribution >= 4 is 10.1 Å². The van der Waals surface area contributed by atoms with Crippen molar-refractivity contribution in [1.29, 1.82) is 0 Å². The standard InChI is InChI=1S/C13H17F8NO3S/c14-10(15,11(16,17)13(20,21)26(23,24)25)12(18,19)22-6-5-8-3-1-2-4-9(8)7-22/h8-9H,1-7H2,(H,23,24,25)/p-1. The van der Waals surface area contributed by atoms with Gasteiger partial charge in [-0.1, -0.05) is 19.3 Å².